The number of nitrogens with one attached hydrogen (secondary N) is 2. The van der Waals surface area contributed by atoms with Crippen LogP contribution in [0.3, 0.4) is 0 Å². The van der Waals surface area contributed by atoms with Crippen LogP contribution in [-0.2, 0) is 6.42 Å². The van der Waals surface area contributed by atoms with Gasteiger partial charge in [0, 0.05) is 38.8 Å². The maximum Gasteiger partial charge on any atom is 0.119 e. The minimum Gasteiger partial charge on any atom is -0.497 e. The van der Waals surface area contributed by atoms with Gasteiger partial charge < -0.3 is 15.0 Å². The number of hydrogen-bond donors (Lipinski definition) is 2. The van der Waals surface area contributed by atoms with E-state index in [0.717, 1.165) is 44.7 Å². The van der Waals surface area contributed by atoms with Crippen molar-refractivity contribution in [2.45, 2.75) is 12.5 Å². The van der Waals surface area contributed by atoms with E-state index in [4.69, 9.17) is 27.9 Å². The molecule has 3 aromatic carbocycles. The van der Waals surface area contributed by atoms with Crippen LogP contribution < -0.4 is 10.1 Å². The average molecular weight is 409 g/mol. The number of halogens is 2. The minimum atomic E-state index is -0.0203. The molecule has 1 aliphatic rings. The molecular weight excluding hydrogens is 391 g/mol. The first-order valence-electron chi connectivity index (χ1n) is 9.11. The Morgan fingerprint density at radius 1 is 0.929 bits per heavy atom. The van der Waals surface area contributed by atoms with Crippen molar-refractivity contribution in [1.82, 2.24) is 4.98 Å². The summed E-state index contributed by atoms with van der Waals surface area (Å²) in [6.07, 6.45) is 0.787. The number of H-pyrrole nitrogens is 1. The summed E-state index contributed by atoms with van der Waals surface area (Å²) in [7, 11) is 1.69. The molecule has 5 heteroatoms. The predicted octanol–water partition coefficient (Wildman–Crippen LogP) is 6.59. The van der Waals surface area contributed by atoms with Gasteiger partial charge in [0.25, 0.3) is 0 Å². The van der Waals surface area contributed by atoms with Crippen LogP contribution in [0.5, 0.6) is 5.75 Å². The topological polar surface area (TPSA) is 37.0 Å². The molecule has 2 N–H and O–H groups in total. The first kappa shape index (κ1) is 17.5. The highest BCUT2D eigenvalue weighted by Crippen LogP contribution is 2.40. The van der Waals surface area contributed by atoms with Crippen LogP contribution in [0.1, 0.15) is 28.4 Å². The second-order valence-corrected chi connectivity index (χ2v) is 7.91. The van der Waals surface area contributed by atoms with Crippen LogP contribution in [0.15, 0.2) is 60.7 Å². The van der Waals surface area contributed by atoms with Gasteiger partial charge in [-0.15, -0.1) is 0 Å². The van der Waals surface area contributed by atoms with Gasteiger partial charge in [-0.1, -0.05) is 35.3 Å². The molecule has 0 radical (unpaired) electrons. The monoisotopic (exact) mass is 408 g/mol. The van der Waals surface area contributed by atoms with Crippen LogP contribution in [0.25, 0.3) is 10.9 Å². The highest BCUT2D eigenvalue weighted by atomic mass is 35.5. The lowest BCUT2D eigenvalue weighted by Crippen LogP contribution is -2.12. The Morgan fingerprint density at radius 2 is 1.71 bits per heavy atom. The number of fused-ring (bicyclic) bond motifs is 4. The number of hydrogen-bond acceptors (Lipinski definition) is 2. The molecule has 28 heavy (non-hydrogen) atoms. The van der Waals surface area contributed by atoms with Crippen molar-refractivity contribution < 1.29 is 4.74 Å². The van der Waals surface area contributed by atoms with Gasteiger partial charge in [-0.3, -0.25) is 0 Å². The summed E-state index contributed by atoms with van der Waals surface area (Å²) in [5, 5.41) is 6.34. The van der Waals surface area contributed by atoms with Crippen molar-refractivity contribution in [2.75, 3.05) is 12.4 Å². The van der Waals surface area contributed by atoms with Gasteiger partial charge in [0.15, 0.2) is 0 Å². The zero-order valence-corrected chi connectivity index (χ0v) is 16.7. The van der Waals surface area contributed by atoms with E-state index >= 15 is 0 Å². The molecule has 0 aliphatic carbocycles. The normalized spacial score (nSPS) is 15.5. The molecule has 0 bridgehead atoms. The van der Waals surface area contributed by atoms with Gasteiger partial charge in [0.05, 0.1) is 13.2 Å². The molecule has 0 spiro atoms. The zero-order valence-electron chi connectivity index (χ0n) is 15.2. The van der Waals surface area contributed by atoms with Gasteiger partial charge in [-0.05, 0) is 65.2 Å². The van der Waals surface area contributed by atoms with Crippen molar-refractivity contribution in [3.63, 3.8) is 0 Å². The minimum absolute atomic E-state index is 0.0203. The molecule has 5 rings (SSSR count). The predicted molar refractivity (Wildman–Crippen MR) is 116 cm³/mol. The second-order valence-electron chi connectivity index (χ2n) is 7.04. The molecule has 1 atom stereocenters. The van der Waals surface area contributed by atoms with Crippen molar-refractivity contribution in [3.8, 4) is 5.75 Å². The van der Waals surface area contributed by atoms with Crippen LogP contribution in [0, 0.1) is 0 Å². The van der Waals surface area contributed by atoms with E-state index in [0.29, 0.717) is 0 Å². The van der Waals surface area contributed by atoms with Crippen LogP contribution in [0.4, 0.5) is 5.69 Å². The lowest BCUT2D eigenvalue weighted by Gasteiger charge is -2.19. The largest absolute Gasteiger partial charge is 0.497 e. The molecular formula is C23H18Cl2N2O. The average Bonchev–Trinajstić information content (AvgIpc) is 2.97. The quantitative estimate of drug-likeness (QED) is 0.392. The summed E-state index contributed by atoms with van der Waals surface area (Å²) in [6, 6.07) is 20.1. The Bertz CT molecular complexity index is 1180. The maximum absolute atomic E-state index is 6.30. The van der Waals surface area contributed by atoms with E-state index in [1.807, 2.05) is 30.3 Å². The van der Waals surface area contributed by atoms with E-state index in [2.05, 4.69) is 40.6 Å². The van der Waals surface area contributed by atoms with Gasteiger partial charge in [0.2, 0.25) is 0 Å². The Hall–Kier alpha value is -2.62. The molecule has 0 saturated carbocycles. The highest BCUT2D eigenvalue weighted by molar-refractivity contribution is 6.31. The van der Waals surface area contributed by atoms with Crippen molar-refractivity contribution >= 4 is 39.8 Å². The smallest absolute Gasteiger partial charge is 0.119 e. The number of aromatic nitrogens is 1. The second kappa shape index (κ2) is 6.77. The fraction of sp³-hybridized carbons (Fsp3) is 0.130. The Morgan fingerprint density at radius 3 is 2.50 bits per heavy atom. The van der Waals surface area contributed by atoms with Gasteiger partial charge in [0.1, 0.15) is 5.75 Å². The highest BCUT2D eigenvalue weighted by Gasteiger charge is 2.26. The van der Waals surface area contributed by atoms with E-state index in [1.165, 1.54) is 16.5 Å². The molecule has 0 amide bonds. The summed E-state index contributed by atoms with van der Waals surface area (Å²) in [5.41, 5.74) is 6.91. The first-order valence-corrected chi connectivity index (χ1v) is 9.87. The fourth-order valence-corrected chi connectivity index (χ4v) is 4.30. The summed E-state index contributed by atoms with van der Waals surface area (Å²) in [6.45, 7) is 0. The molecule has 1 aromatic heterocycles. The summed E-state index contributed by atoms with van der Waals surface area (Å²) in [5.74, 6) is 0.848. The Kier molecular flexibility index (Phi) is 4.22. The van der Waals surface area contributed by atoms with E-state index in [9.17, 15) is 0 Å². The van der Waals surface area contributed by atoms with Crippen LogP contribution >= 0.6 is 23.2 Å². The number of aromatic amines is 1. The molecule has 1 aliphatic heterocycles. The summed E-state index contributed by atoms with van der Waals surface area (Å²) in [4.78, 5) is 3.64. The van der Waals surface area contributed by atoms with Gasteiger partial charge in [-0.25, -0.2) is 0 Å². The number of ether oxygens (including phenoxy) is 1. The summed E-state index contributed by atoms with van der Waals surface area (Å²) < 4.78 is 5.46. The Balaban J connectivity index is 1.76. The van der Waals surface area contributed by atoms with Gasteiger partial charge in [-0.2, -0.15) is 0 Å². The van der Waals surface area contributed by atoms with Gasteiger partial charge >= 0.3 is 0 Å². The molecule has 2 heterocycles. The Labute approximate surface area is 173 Å². The van der Waals surface area contributed by atoms with Crippen LogP contribution in [0.2, 0.25) is 10.0 Å². The van der Waals surface area contributed by atoms with Crippen molar-refractivity contribution in [3.05, 3.63) is 93.1 Å². The lowest BCUT2D eigenvalue weighted by molar-refractivity contribution is 0.415. The summed E-state index contributed by atoms with van der Waals surface area (Å²) >= 11 is 12.4. The van der Waals surface area contributed by atoms with Crippen LogP contribution in [-0.4, -0.2) is 12.1 Å². The maximum atomic E-state index is 6.30. The lowest BCUT2D eigenvalue weighted by atomic mass is 9.97. The molecule has 4 aromatic rings. The van der Waals surface area contributed by atoms with E-state index in [-0.39, 0.29) is 6.04 Å². The number of rotatable bonds is 2. The number of methoxy groups -OCH3 is 1. The zero-order chi connectivity index (χ0) is 19.3. The molecule has 0 saturated heterocycles. The van der Waals surface area contributed by atoms with Crippen molar-refractivity contribution in [1.29, 1.82) is 0 Å². The third-order valence-corrected chi connectivity index (χ3v) is 5.86. The van der Waals surface area contributed by atoms with Crippen molar-refractivity contribution in [2.24, 2.45) is 0 Å². The first-order chi connectivity index (χ1) is 13.6. The van der Waals surface area contributed by atoms with E-state index in [1.54, 1.807) is 7.11 Å². The third-order valence-electron chi connectivity index (χ3n) is 5.37. The number of anilines is 1. The molecule has 140 valence electrons. The fourth-order valence-electron chi connectivity index (χ4n) is 3.98. The third kappa shape index (κ3) is 2.92. The molecule has 1 unspecified atom stereocenters. The number of benzene rings is 3. The van der Waals surface area contributed by atoms with E-state index < -0.39 is 0 Å². The standard InChI is InChI=1S/C23H18Cl2N2O/c1-28-17-7-9-21-18(12-17)19-11-14-10-16(25)6-8-20(14)26-22(23(19)27-21)13-2-4-15(24)5-3-13/h2-10,12,22,26-27H,11H2,1H3. The molecule has 3 nitrogen and oxygen atoms in total. The molecule has 0 fully saturated rings. The SMILES string of the molecule is COc1ccc2[nH]c3c(c2c1)Cc1cc(Cl)ccc1NC3c1ccc(Cl)cc1.